The number of aliphatic imine (C=N–C) groups is 1. The van der Waals surface area contributed by atoms with Crippen molar-refractivity contribution in [3.8, 4) is 16.8 Å². The van der Waals surface area contributed by atoms with Crippen LogP contribution in [0.2, 0.25) is 0 Å². The second-order valence-corrected chi connectivity index (χ2v) is 10.5. The maximum absolute atomic E-state index is 15.7. The Labute approximate surface area is 241 Å². The third-order valence-electron chi connectivity index (χ3n) is 7.90. The summed E-state index contributed by atoms with van der Waals surface area (Å²) in [6.45, 7) is 0. The summed E-state index contributed by atoms with van der Waals surface area (Å²) in [6, 6.07) is 18.5. The van der Waals surface area contributed by atoms with Crippen LogP contribution in [0.5, 0.6) is 0 Å². The molecule has 0 bridgehead atoms. The number of amides is 1. The number of carbonyl (C=O) groups excluding carboxylic acids is 1. The lowest BCUT2D eigenvalue weighted by Gasteiger charge is -2.26. The molecule has 42 heavy (non-hydrogen) atoms. The molecule has 10 heteroatoms. The fraction of sp³-hybridized carbons (Fsp3) is 0.219. The first-order valence-electron chi connectivity index (χ1n) is 13.9. The highest BCUT2D eigenvalue weighted by atomic mass is 19.1. The number of anilines is 2. The molecule has 3 aromatic heterocycles. The molecule has 1 saturated carbocycles. The van der Waals surface area contributed by atoms with E-state index in [9.17, 15) is 9.59 Å². The molecule has 5 aromatic rings. The summed E-state index contributed by atoms with van der Waals surface area (Å²) < 4.78 is 18.8. The lowest BCUT2D eigenvalue weighted by Crippen LogP contribution is -2.27. The first-order chi connectivity index (χ1) is 20.4. The molecule has 0 radical (unpaired) electrons. The van der Waals surface area contributed by atoms with Crippen molar-refractivity contribution < 1.29 is 9.18 Å². The number of rotatable bonds is 6. The number of hydrogen-bond acceptors (Lipinski definition) is 6. The number of para-hydroxylation sites is 1. The first-order valence-corrected chi connectivity index (χ1v) is 13.9. The van der Waals surface area contributed by atoms with Crippen LogP contribution in [0.15, 0.2) is 89.0 Å². The highest BCUT2D eigenvalue weighted by Gasteiger charge is 2.27. The maximum atomic E-state index is 15.7. The summed E-state index contributed by atoms with van der Waals surface area (Å²) in [4.78, 5) is 34.4. The number of aromatic nitrogens is 4. The topological polar surface area (TPSA) is 120 Å². The number of nitrogens with one attached hydrogen (secondary N) is 1. The van der Waals surface area contributed by atoms with Gasteiger partial charge >= 0.3 is 0 Å². The Hall–Kier alpha value is -5.12. The van der Waals surface area contributed by atoms with E-state index in [1.54, 1.807) is 48.1 Å². The van der Waals surface area contributed by atoms with Gasteiger partial charge in [0.15, 0.2) is 5.82 Å². The summed E-state index contributed by atoms with van der Waals surface area (Å²) >= 11 is 0. The van der Waals surface area contributed by atoms with Crippen molar-refractivity contribution in [1.29, 1.82) is 0 Å². The summed E-state index contributed by atoms with van der Waals surface area (Å²) in [6.07, 6.45) is 8.99. The Balaban J connectivity index is 1.29. The molecule has 3 heterocycles. The Morgan fingerprint density at radius 3 is 2.57 bits per heavy atom. The molecule has 0 unspecified atom stereocenters. The van der Waals surface area contributed by atoms with E-state index in [0.29, 0.717) is 28.2 Å². The second kappa shape index (κ2) is 11.4. The monoisotopic (exact) mass is 563 g/mol. The van der Waals surface area contributed by atoms with Gasteiger partial charge in [-0.15, -0.1) is 0 Å². The van der Waals surface area contributed by atoms with Gasteiger partial charge in [-0.3, -0.25) is 14.2 Å². The zero-order valence-electron chi connectivity index (χ0n) is 23.1. The maximum Gasteiger partial charge on any atom is 0.267 e. The van der Waals surface area contributed by atoms with Gasteiger partial charge in [0.1, 0.15) is 23.2 Å². The van der Waals surface area contributed by atoms with Crippen LogP contribution in [-0.2, 0) is 0 Å². The van der Waals surface area contributed by atoms with Crippen molar-refractivity contribution in [2.75, 3.05) is 18.1 Å². The van der Waals surface area contributed by atoms with Crippen molar-refractivity contribution in [3.63, 3.8) is 0 Å². The number of benzene rings is 2. The molecule has 3 N–H and O–H groups in total. The Morgan fingerprint density at radius 1 is 1.05 bits per heavy atom. The normalized spacial score (nSPS) is 17.1. The van der Waals surface area contributed by atoms with Crippen LogP contribution >= 0.6 is 0 Å². The van der Waals surface area contributed by atoms with Gasteiger partial charge in [-0.2, -0.15) is 5.10 Å². The minimum Gasteiger partial charge on any atom is -0.382 e. The number of carbonyl (C=O) groups is 1. The fourth-order valence-corrected chi connectivity index (χ4v) is 5.83. The van der Waals surface area contributed by atoms with Crippen LogP contribution in [0.3, 0.4) is 0 Å². The smallest absolute Gasteiger partial charge is 0.267 e. The molecule has 1 fully saturated rings. The molecule has 1 amide bonds. The zero-order chi connectivity index (χ0) is 29.2. The summed E-state index contributed by atoms with van der Waals surface area (Å²) in [5.41, 5.74) is 9.02. The lowest BCUT2D eigenvalue weighted by atomic mass is 9.81. The number of fused-ring (bicyclic) bond motifs is 1. The Bertz CT molecular complexity index is 1850. The fourth-order valence-electron chi connectivity index (χ4n) is 5.83. The number of halogens is 1. The number of hydrogen-bond donors (Lipinski definition) is 2. The van der Waals surface area contributed by atoms with Gasteiger partial charge in [-0.25, -0.2) is 13.9 Å². The van der Waals surface area contributed by atoms with Crippen LogP contribution in [-0.4, -0.2) is 38.3 Å². The quantitative estimate of drug-likeness (QED) is 0.265. The zero-order valence-corrected chi connectivity index (χ0v) is 23.1. The number of nitrogen functional groups attached to an aromatic ring is 1. The average molecular weight is 564 g/mol. The molecular formula is C32H30FN7O2. The molecule has 9 nitrogen and oxygen atoms in total. The molecule has 6 rings (SSSR count). The van der Waals surface area contributed by atoms with Gasteiger partial charge in [0.25, 0.3) is 11.5 Å². The minimum absolute atomic E-state index is 0.0567. The van der Waals surface area contributed by atoms with Gasteiger partial charge < -0.3 is 16.0 Å². The van der Waals surface area contributed by atoms with Crippen LogP contribution in [0.4, 0.5) is 15.9 Å². The number of pyridine rings is 1. The third-order valence-corrected chi connectivity index (χ3v) is 7.90. The van der Waals surface area contributed by atoms with E-state index in [0.717, 1.165) is 31.4 Å². The highest BCUT2D eigenvalue weighted by Crippen LogP contribution is 2.40. The minimum atomic E-state index is -0.629. The van der Waals surface area contributed by atoms with Gasteiger partial charge in [0, 0.05) is 53.6 Å². The van der Waals surface area contributed by atoms with E-state index in [2.05, 4.69) is 20.4 Å². The van der Waals surface area contributed by atoms with Crippen molar-refractivity contribution in [3.05, 3.63) is 107 Å². The first kappa shape index (κ1) is 27.1. The van der Waals surface area contributed by atoms with Crippen molar-refractivity contribution in [1.82, 2.24) is 19.2 Å². The van der Waals surface area contributed by atoms with E-state index in [-0.39, 0.29) is 23.0 Å². The largest absolute Gasteiger partial charge is 0.382 e. The van der Waals surface area contributed by atoms with Gasteiger partial charge in [-0.1, -0.05) is 18.2 Å². The van der Waals surface area contributed by atoms with E-state index in [4.69, 9.17) is 5.73 Å². The average Bonchev–Trinajstić information content (AvgIpc) is 3.39. The molecule has 2 aromatic carbocycles. The standard InChI is InChI=1S/C32H30FN7O2/c1-35-18-20-9-11-21(12-10-20)28-17-26(29-30(34)36-19-37-40(28)29)24-14-13-22(16-27(24)33)38-31(41)25-8-5-15-39(32(25)42)23-6-3-2-4-7-23/h2-8,13-21H,9-12H2,1H3,(H,38,41)(H2,34,36,37). The molecule has 212 valence electrons. The molecule has 1 aliphatic carbocycles. The van der Waals surface area contributed by atoms with E-state index in [1.165, 1.54) is 23.0 Å². The van der Waals surface area contributed by atoms with Crippen LogP contribution < -0.4 is 16.6 Å². The van der Waals surface area contributed by atoms with Gasteiger partial charge in [0.05, 0.1) is 0 Å². The second-order valence-electron chi connectivity index (χ2n) is 10.5. The van der Waals surface area contributed by atoms with Crippen LogP contribution in [0.1, 0.15) is 47.7 Å². The number of nitrogens with two attached hydrogens (primary N) is 1. The predicted molar refractivity (Wildman–Crippen MR) is 162 cm³/mol. The molecular weight excluding hydrogens is 533 g/mol. The number of nitrogens with zero attached hydrogens (tertiary/aromatic N) is 5. The Morgan fingerprint density at radius 2 is 1.83 bits per heavy atom. The summed E-state index contributed by atoms with van der Waals surface area (Å²) in [7, 11) is 1.80. The van der Waals surface area contributed by atoms with Crippen molar-refractivity contribution >= 4 is 29.1 Å². The van der Waals surface area contributed by atoms with Gasteiger partial charge in [-0.05, 0) is 80.1 Å². The highest BCUT2D eigenvalue weighted by molar-refractivity contribution is 6.04. The predicted octanol–water partition coefficient (Wildman–Crippen LogP) is 5.50. The van der Waals surface area contributed by atoms with Crippen LogP contribution in [0, 0.1) is 11.7 Å². The third kappa shape index (κ3) is 5.07. The van der Waals surface area contributed by atoms with Crippen molar-refractivity contribution in [2.24, 2.45) is 10.9 Å². The van der Waals surface area contributed by atoms with E-state index >= 15 is 4.39 Å². The summed E-state index contributed by atoms with van der Waals surface area (Å²) in [5, 5.41) is 7.12. The summed E-state index contributed by atoms with van der Waals surface area (Å²) in [5.74, 6) is -0.208. The molecule has 0 aliphatic heterocycles. The van der Waals surface area contributed by atoms with Crippen LogP contribution in [0.25, 0.3) is 22.3 Å². The Kier molecular flexibility index (Phi) is 7.35. The molecule has 0 atom stereocenters. The van der Waals surface area contributed by atoms with E-state index in [1.807, 2.05) is 30.5 Å². The molecule has 0 saturated heterocycles. The van der Waals surface area contributed by atoms with Crippen molar-refractivity contribution in [2.45, 2.75) is 31.6 Å². The van der Waals surface area contributed by atoms with E-state index < -0.39 is 17.3 Å². The lowest BCUT2D eigenvalue weighted by molar-refractivity contribution is 0.102. The molecule has 0 spiro atoms. The molecule has 1 aliphatic rings. The SMILES string of the molecule is CN=CC1CCC(c2cc(-c3ccc(NC(=O)c4cccn(-c5ccccc5)c4=O)cc3F)c3c(N)ncnn23)CC1. The van der Waals surface area contributed by atoms with Gasteiger partial charge in [0.2, 0.25) is 0 Å².